The lowest BCUT2D eigenvalue weighted by molar-refractivity contribution is 0.126. The summed E-state index contributed by atoms with van der Waals surface area (Å²) in [5.41, 5.74) is 3.47. The van der Waals surface area contributed by atoms with Gasteiger partial charge in [-0.3, -0.25) is 0 Å². The Bertz CT molecular complexity index is 840. The van der Waals surface area contributed by atoms with Crippen LogP contribution < -0.4 is 10.1 Å². The van der Waals surface area contributed by atoms with Crippen LogP contribution in [0.5, 0.6) is 5.75 Å². The van der Waals surface area contributed by atoms with Crippen molar-refractivity contribution in [1.29, 1.82) is 0 Å². The minimum absolute atomic E-state index is 0.253. The number of aliphatic hydroxyl groups is 1. The maximum Gasteiger partial charge on any atom is 0.210 e. The monoisotopic (exact) mass is 387 g/mol. The molecule has 0 aliphatic rings. The molecule has 3 aromatic rings. The Balaban J connectivity index is 1.48. The van der Waals surface area contributed by atoms with Gasteiger partial charge in [-0.15, -0.1) is 10.2 Å². The number of hydrogen-bond donors (Lipinski definition) is 2. The van der Waals surface area contributed by atoms with Crippen molar-refractivity contribution < 1.29 is 9.84 Å². The molecule has 5 nitrogen and oxygen atoms in total. The third-order valence-electron chi connectivity index (χ3n) is 3.84. The second-order valence-corrected chi connectivity index (χ2v) is 8.08. The fourth-order valence-corrected chi connectivity index (χ4v) is 3.94. The number of ether oxygens (including phenoxy) is 1. The second kappa shape index (κ2) is 9.02. The summed E-state index contributed by atoms with van der Waals surface area (Å²) >= 11 is 2.95. The van der Waals surface area contributed by atoms with Gasteiger partial charge >= 0.3 is 0 Å². The van der Waals surface area contributed by atoms with E-state index in [4.69, 9.17) is 4.74 Å². The first-order chi connectivity index (χ1) is 12.6. The molecule has 0 fully saturated rings. The van der Waals surface area contributed by atoms with Gasteiger partial charge in [-0.2, -0.15) is 0 Å². The first kappa shape index (κ1) is 18.7. The van der Waals surface area contributed by atoms with E-state index < -0.39 is 6.10 Å². The van der Waals surface area contributed by atoms with Crippen molar-refractivity contribution in [1.82, 2.24) is 10.2 Å². The van der Waals surface area contributed by atoms with E-state index in [0.29, 0.717) is 5.75 Å². The lowest BCUT2D eigenvalue weighted by atomic mass is 10.1. The Hall–Kier alpha value is -2.09. The number of nitrogens with zero attached hydrogens (tertiary/aromatic N) is 2. The molecule has 0 amide bonds. The standard InChI is InChI=1S/C19H21N3O2S2/c1-13-7-6-10-17(14(13)2)20-18-21-22-19(26-18)25-12-15(23)11-24-16-8-4-3-5-9-16/h3-10,15,23H,11-12H2,1-2H3,(H,20,21)/t15-/m1/s1. The van der Waals surface area contributed by atoms with Crippen molar-refractivity contribution in [2.24, 2.45) is 0 Å². The lowest BCUT2D eigenvalue weighted by Gasteiger charge is -2.11. The van der Waals surface area contributed by atoms with Crippen LogP contribution in [0.25, 0.3) is 0 Å². The average Bonchev–Trinajstić information content (AvgIpc) is 3.10. The number of nitrogens with one attached hydrogen (secondary N) is 1. The first-order valence-electron chi connectivity index (χ1n) is 8.27. The lowest BCUT2D eigenvalue weighted by Crippen LogP contribution is -2.19. The normalized spacial score (nSPS) is 12.0. The summed E-state index contributed by atoms with van der Waals surface area (Å²) in [6.45, 7) is 4.42. The minimum Gasteiger partial charge on any atom is -0.491 e. The second-order valence-electron chi connectivity index (χ2n) is 5.83. The van der Waals surface area contributed by atoms with Gasteiger partial charge in [0.15, 0.2) is 4.34 Å². The van der Waals surface area contributed by atoms with Gasteiger partial charge in [-0.25, -0.2) is 0 Å². The molecule has 0 unspecified atom stereocenters. The third kappa shape index (κ3) is 5.20. The predicted octanol–water partition coefficient (Wildman–Crippen LogP) is 4.43. The number of benzene rings is 2. The molecule has 1 atom stereocenters. The number of aryl methyl sites for hydroxylation is 1. The first-order valence-corrected chi connectivity index (χ1v) is 10.1. The van der Waals surface area contributed by atoms with Crippen LogP contribution in [0.3, 0.4) is 0 Å². The molecular weight excluding hydrogens is 366 g/mol. The van der Waals surface area contributed by atoms with Crippen molar-refractivity contribution in [3.8, 4) is 5.75 Å². The maximum absolute atomic E-state index is 10.1. The summed E-state index contributed by atoms with van der Waals surface area (Å²) in [5, 5.41) is 22.5. The molecule has 0 spiro atoms. The Labute approximate surface area is 161 Å². The topological polar surface area (TPSA) is 67.3 Å². The van der Waals surface area contributed by atoms with Crippen LogP contribution in [0.1, 0.15) is 11.1 Å². The van der Waals surface area contributed by atoms with Gasteiger partial charge < -0.3 is 15.2 Å². The van der Waals surface area contributed by atoms with E-state index in [2.05, 4.69) is 35.4 Å². The number of rotatable bonds is 8. The van der Waals surface area contributed by atoms with E-state index in [1.165, 1.54) is 34.2 Å². The fraction of sp³-hybridized carbons (Fsp3) is 0.263. The quantitative estimate of drug-likeness (QED) is 0.557. The van der Waals surface area contributed by atoms with E-state index in [1.807, 2.05) is 42.5 Å². The largest absolute Gasteiger partial charge is 0.491 e. The van der Waals surface area contributed by atoms with Gasteiger partial charge in [0.2, 0.25) is 5.13 Å². The molecule has 26 heavy (non-hydrogen) atoms. The molecule has 0 saturated heterocycles. The third-order valence-corrected chi connectivity index (χ3v) is 5.95. The zero-order valence-corrected chi connectivity index (χ0v) is 16.3. The van der Waals surface area contributed by atoms with Crippen molar-refractivity contribution in [2.45, 2.75) is 24.3 Å². The molecule has 0 saturated carbocycles. The van der Waals surface area contributed by atoms with Gasteiger partial charge in [-0.05, 0) is 43.2 Å². The summed E-state index contributed by atoms with van der Waals surface area (Å²) in [7, 11) is 0. The Morgan fingerprint density at radius 2 is 1.92 bits per heavy atom. The number of thioether (sulfide) groups is 1. The zero-order valence-electron chi connectivity index (χ0n) is 14.7. The minimum atomic E-state index is -0.570. The van der Waals surface area contributed by atoms with Crippen LogP contribution in [0, 0.1) is 13.8 Å². The molecule has 1 aromatic heterocycles. The molecule has 2 N–H and O–H groups in total. The number of hydrogen-bond acceptors (Lipinski definition) is 7. The molecule has 2 aromatic carbocycles. The van der Waals surface area contributed by atoms with Crippen LogP contribution in [0.2, 0.25) is 0 Å². The average molecular weight is 388 g/mol. The summed E-state index contributed by atoms with van der Waals surface area (Å²) in [6, 6.07) is 15.6. The molecule has 0 bridgehead atoms. The van der Waals surface area contributed by atoms with E-state index in [1.54, 1.807) is 0 Å². The highest BCUT2D eigenvalue weighted by Gasteiger charge is 2.11. The van der Waals surface area contributed by atoms with Crippen LogP contribution in [-0.4, -0.2) is 33.8 Å². The Morgan fingerprint density at radius 3 is 2.73 bits per heavy atom. The fourth-order valence-electron chi connectivity index (χ4n) is 2.25. The molecule has 7 heteroatoms. The van der Waals surface area contributed by atoms with E-state index >= 15 is 0 Å². The van der Waals surface area contributed by atoms with Crippen molar-refractivity contribution in [3.63, 3.8) is 0 Å². The van der Waals surface area contributed by atoms with Crippen molar-refractivity contribution in [3.05, 3.63) is 59.7 Å². The van der Waals surface area contributed by atoms with Crippen molar-refractivity contribution in [2.75, 3.05) is 17.7 Å². The van der Waals surface area contributed by atoms with E-state index in [9.17, 15) is 5.11 Å². The Kier molecular flexibility index (Phi) is 6.49. The zero-order chi connectivity index (χ0) is 18.4. The summed E-state index contributed by atoms with van der Waals surface area (Å²) in [4.78, 5) is 0. The highest BCUT2D eigenvalue weighted by atomic mass is 32.2. The molecule has 136 valence electrons. The molecule has 0 aliphatic carbocycles. The summed E-state index contributed by atoms with van der Waals surface area (Å²) < 4.78 is 6.37. The maximum atomic E-state index is 10.1. The molecule has 0 radical (unpaired) electrons. The van der Waals surface area contributed by atoms with Gasteiger partial charge in [0.05, 0.1) is 6.10 Å². The summed E-state index contributed by atoms with van der Waals surface area (Å²) in [6.07, 6.45) is -0.570. The summed E-state index contributed by atoms with van der Waals surface area (Å²) in [5.74, 6) is 1.26. The molecular formula is C19H21N3O2S2. The number of para-hydroxylation sites is 1. The molecule has 1 heterocycles. The van der Waals surface area contributed by atoms with Gasteiger partial charge in [0.25, 0.3) is 0 Å². The smallest absolute Gasteiger partial charge is 0.210 e. The van der Waals surface area contributed by atoms with Crippen LogP contribution in [0.4, 0.5) is 10.8 Å². The van der Waals surface area contributed by atoms with Crippen LogP contribution in [-0.2, 0) is 0 Å². The van der Waals surface area contributed by atoms with E-state index in [0.717, 1.165) is 20.9 Å². The molecule has 0 aliphatic heterocycles. The number of aliphatic hydroxyl groups excluding tert-OH is 1. The SMILES string of the molecule is Cc1cccc(Nc2nnc(SC[C@H](O)COc3ccccc3)s2)c1C. The highest BCUT2D eigenvalue weighted by Crippen LogP contribution is 2.29. The predicted molar refractivity (Wildman–Crippen MR) is 108 cm³/mol. The highest BCUT2D eigenvalue weighted by molar-refractivity contribution is 8.01. The van der Waals surface area contributed by atoms with Gasteiger partial charge in [0, 0.05) is 11.4 Å². The van der Waals surface area contributed by atoms with E-state index in [-0.39, 0.29) is 6.61 Å². The number of anilines is 2. The van der Waals surface area contributed by atoms with Crippen molar-refractivity contribution >= 4 is 33.9 Å². The van der Waals surface area contributed by atoms with Crippen LogP contribution in [0.15, 0.2) is 52.9 Å². The molecule has 3 rings (SSSR count). The van der Waals surface area contributed by atoms with Gasteiger partial charge in [-0.1, -0.05) is 53.4 Å². The van der Waals surface area contributed by atoms with Crippen LogP contribution >= 0.6 is 23.1 Å². The Morgan fingerprint density at radius 1 is 1.12 bits per heavy atom. The number of aromatic nitrogens is 2. The van der Waals surface area contributed by atoms with Gasteiger partial charge in [0.1, 0.15) is 12.4 Å².